The van der Waals surface area contributed by atoms with Gasteiger partial charge in [-0.3, -0.25) is 4.79 Å². The topological polar surface area (TPSA) is 78.6 Å². The third kappa shape index (κ3) is 3.32. The van der Waals surface area contributed by atoms with Crippen LogP contribution in [0.4, 0.5) is 13.2 Å². The molecule has 0 saturated carbocycles. The Labute approximate surface area is 161 Å². The van der Waals surface area contributed by atoms with Crippen molar-refractivity contribution < 1.29 is 31.9 Å². The van der Waals surface area contributed by atoms with E-state index in [0.29, 0.717) is 11.3 Å². The second-order valence-electron chi connectivity index (χ2n) is 7.05. The number of hydrogen-bond donors (Lipinski definition) is 0. The molecule has 3 aromatic rings. The number of benzene rings is 1. The van der Waals surface area contributed by atoms with E-state index in [-0.39, 0.29) is 27.6 Å². The van der Waals surface area contributed by atoms with Crippen LogP contribution in [0, 0.1) is 0 Å². The minimum atomic E-state index is -5.15. The Balaban J connectivity index is 1.97. The lowest BCUT2D eigenvalue weighted by Gasteiger charge is -2.28. The van der Waals surface area contributed by atoms with Gasteiger partial charge in [-0.2, -0.15) is 13.2 Å². The van der Waals surface area contributed by atoms with E-state index in [1.54, 1.807) is 32.1 Å². The second-order valence-corrected chi connectivity index (χ2v) is 7.05. The molecule has 0 aliphatic carbocycles. The van der Waals surface area contributed by atoms with Crippen molar-refractivity contribution in [3.8, 4) is 5.75 Å². The van der Waals surface area contributed by atoms with E-state index in [1.165, 1.54) is 18.3 Å². The Morgan fingerprint density at radius 1 is 1.31 bits per heavy atom. The molecule has 6 nitrogen and oxygen atoms in total. The minimum absolute atomic E-state index is 0.00665. The van der Waals surface area contributed by atoms with Crippen molar-refractivity contribution in [1.82, 2.24) is 4.98 Å². The van der Waals surface area contributed by atoms with Crippen molar-refractivity contribution in [3.05, 3.63) is 51.8 Å². The van der Waals surface area contributed by atoms with Gasteiger partial charge in [0.05, 0.1) is 16.3 Å². The lowest BCUT2D eigenvalue weighted by atomic mass is 9.97. The number of fused-ring (bicyclic) bond motifs is 4. The van der Waals surface area contributed by atoms with Gasteiger partial charge in [0, 0.05) is 11.8 Å². The molecular formula is C20H14F3NO5. The van der Waals surface area contributed by atoms with Crippen LogP contribution < -0.4 is 10.2 Å². The number of ether oxygens (including phenoxy) is 2. The standard InChI is InChI=1S/C20H14F3NO5/c1-19(2)6-5-11-13(29-19)8-10(9-27-18(26)20(21,22)23)14-15(25)12-4-3-7-24-17(12)28-16(11)14/h3-8H,9H2,1-2H3. The van der Waals surface area contributed by atoms with Crippen LogP contribution in [0.3, 0.4) is 0 Å². The third-order valence-corrected chi connectivity index (χ3v) is 4.42. The fourth-order valence-corrected chi connectivity index (χ4v) is 3.11. The zero-order valence-corrected chi connectivity index (χ0v) is 15.3. The van der Waals surface area contributed by atoms with E-state index in [2.05, 4.69) is 9.72 Å². The molecule has 0 atom stereocenters. The first-order valence-electron chi connectivity index (χ1n) is 8.56. The van der Waals surface area contributed by atoms with E-state index >= 15 is 0 Å². The molecule has 0 radical (unpaired) electrons. The second kappa shape index (κ2) is 6.33. The van der Waals surface area contributed by atoms with Gasteiger partial charge >= 0.3 is 12.1 Å². The van der Waals surface area contributed by atoms with E-state index in [4.69, 9.17) is 9.15 Å². The van der Waals surface area contributed by atoms with Gasteiger partial charge in [-0.05, 0) is 44.2 Å². The normalized spacial score (nSPS) is 15.2. The SMILES string of the molecule is CC1(C)C=Cc2c(cc(COC(=O)C(F)(F)F)c3c(=O)c4cccnc4oc23)O1. The first kappa shape index (κ1) is 19.0. The van der Waals surface area contributed by atoms with E-state index in [0.717, 1.165) is 0 Å². The Hall–Kier alpha value is -3.36. The van der Waals surface area contributed by atoms with Crippen LogP contribution in [-0.2, 0) is 16.1 Å². The summed E-state index contributed by atoms with van der Waals surface area (Å²) in [5.74, 6) is -2.06. The average Bonchev–Trinajstić information content (AvgIpc) is 2.64. The maximum Gasteiger partial charge on any atom is 0.490 e. The number of alkyl halides is 3. The predicted molar refractivity (Wildman–Crippen MR) is 97.4 cm³/mol. The molecule has 9 heteroatoms. The fourth-order valence-electron chi connectivity index (χ4n) is 3.11. The Morgan fingerprint density at radius 2 is 2.07 bits per heavy atom. The highest BCUT2D eigenvalue weighted by atomic mass is 19.4. The highest BCUT2D eigenvalue weighted by Crippen LogP contribution is 2.38. The quantitative estimate of drug-likeness (QED) is 0.471. The van der Waals surface area contributed by atoms with Gasteiger partial charge < -0.3 is 13.9 Å². The molecule has 0 bridgehead atoms. The summed E-state index contributed by atoms with van der Waals surface area (Å²) in [6, 6.07) is 4.43. The molecule has 0 saturated heterocycles. The van der Waals surface area contributed by atoms with Crippen molar-refractivity contribution in [2.45, 2.75) is 32.2 Å². The fraction of sp³-hybridized carbons (Fsp3) is 0.250. The molecular weight excluding hydrogens is 391 g/mol. The summed E-state index contributed by atoms with van der Waals surface area (Å²) in [4.78, 5) is 28.2. The van der Waals surface area contributed by atoms with Crippen molar-refractivity contribution in [3.63, 3.8) is 0 Å². The first-order valence-corrected chi connectivity index (χ1v) is 8.56. The number of esters is 1. The van der Waals surface area contributed by atoms with Crippen LogP contribution in [0.15, 0.2) is 39.7 Å². The lowest BCUT2D eigenvalue weighted by Crippen LogP contribution is -2.28. The van der Waals surface area contributed by atoms with Gasteiger partial charge in [0.1, 0.15) is 18.0 Å². The maximum absolute atomic E-state index is 13.0. The number of hydrogen-bond acceptors (Lipinski definition) is 6. The average molecular weight is 405 g/mol. The molecule has 1 aliphatic rings. The number of rotatable bonds is 2. The number of nitrogens with zero attached hydrogens (tertiary/aromatic N) is 1. The molecule has 1 aliphatic heterocycles. The number of halogens is 3. The van der Waals surface area contributed by atoms with Crippen molar-refractivity contribution in [2.75, 3.05) is 0 Å². The van der Waals surface area contributed by atoms with Crippen molar-refractivity contribution in [1.29, 1.82) is 0 Å². The molecule has 0 N–H and O–H groups in total. The number of pyridine rings is 1. The van der Waals surface area contributed by atoms with E-state index in [1.807, 2.05) is 0 Å². The zero-order chi connectivity index (χ0) is 21.0. The van der Waals surface area contributed by atoms with Gasteiger partial charge in [0.2, 0.25) is 11.1 Å². The minimum Gasteiger partial charge on any atom is -0.483 e. The Kier molecular flexibility index (Phi) is 4.14. The smallest absolute Gasteiger partial charge is 0.483 e. The molecule has 3 heterocycles. The summed E-state index contributed by atoms with van der Waals surface area (Å²) in [6.07, 6.45) is -0.217. The maximum atomic E-state index is 13.0. The van der Waals surface area contributed by atoms with Crippen LogP contribution in [-0.4, -0.2) is 22.7 Å². The molecule has 4 rings (SSSR count). The molecule has 29 heavy (non-hydrogen) atoms. The largest absolute Gasteiger partial charge is 0.490 e. The predicted octanol–water partition coefficient (Wildman–Crippen LogP) is 4.13. The molecule has 2 aromatic heterocycles. The van der Waals surface area contributed by atoms with Crippen LogP contribution >= 0.6 is 0 Å². The molecule has 0 unspecified atom stereocenters. The van der Waals surface area contributed by atoms with Gasteiger partial charge in [-0.25, -0.2) is 9.78 Å². The van der Waals surface area contributed by atoms with Crippen molar-refractivity contribution in [2.24, 2.45) is 0 Å². The Bertz CT molecular complexity index is 1240. The summed E-state index contributed by atoms with van der Waals surface area (Å²) in [5.41, 5.74) is -0.501. The molecule has 0 fully saturated rings. The van der Waals surface area contributed by atoms with E-state index < -0.39 is 29.8 Å². The lowest BCUT2D eigenvalue weighted by molar-refractivity contribution is -0.201. The highest BCUT2D eigenvalue weighted by molar-refractivity contribution is 5.96. The number of aromatic nitrogens is 1. The summed E-state index contributed by atoms with van der Waals surface area (Å²) >= 11 is 0. The molecule has 0 spiro atoms. The first-order chi connectivity index (χ1) is 13.6. The van der Waals surface area contributed by atoms with Crippen LogP contribution in [0.25, 0.3) is 28.1 Å². The monoisotopic (exact) mass is 405 g/mol. The number of carbonyl (C=O) groups excluding carboxylic acids is 1. The van der Waals surface area contributed by atoms with E-state index in [9.17, 15) is 22.8 Å². The number of carbonyl (C=O) groups is 1. The summed E-state index contributed by atoms with van der Waals surface area (Å²) in [5, 5.41) is 0.163. The van der Waals surface area contributed by atoms with Crippen LogP contribution in [0.2, 0.25) is 0 Å². The van der Waals surface area contributed by atoms with Gasteiger partial charge in [0.25, 0.3) is 0 Å². The van der Waals surface area contributed by atoms with Crippen LogP contribution in [0.5, 0.6) is 5.75 Å². The van der Waals surface area contributed by atoms with Gasteiger partial charge in [-0.1, -0.05) is 0 Å². The molecule has 0 amide bonds. The summed E-state index contributed by atoms with van der Waals surface area (Å²) in [6.45, 7) is 2.81. The molecule has 1 aromatic carbocycles. The van der Waals surface area contributed by atoms with Gasteiger partial charge in [-0.15, -0.1) is 0 Å². The summed E-state index contributed by atoms with van der Waals surface area (Å²) in [7, 11) is 0. The zero-order valence-electron chi connectivity index (χ0n) is 15.3. The van der Waals surface area contributed by atoms with Crippen LogP contribution in [0.1, 0.15) is 25.0 Å². The highest BCUT2D eigenvalue weighted by Gasteiger charge is 2.41. The molecule has 150 valence electrons. The van der Waals surface area contributed by atoms with Crippen molar-refractivity contribution >= 4 is 34.1 Å². The van der Waals surface area contributed by atoms with Gasteiger partial charge in [0.15, 0.2) is 5.58 Å². The Morgan fingerprint density at radius 3 is 2.79 bits per heavy atom. The summed E-state index contributed by atoms with van der Waals surface area (Å²) < 4.78 is 53.6. The third-order valence-electron chi connectivity index (χ3n) is 4.42.